The third-order valence-electron chi connectivity index (χ3n) is 6.53. The Morgan fingerprint density at radius 3 is 2.53 bits per heavy atom. The van der Waals surface area contributed by atoms with Gasteiger partial charge in [-0.25, -0.2) is 9.67 Å². The van der Waals surface area contributed by atoms with Gasteiger partial charge in [-0.1, -0.05) is 30.3 Å². The summed E-state index contributed by atoms with van der Waals surface area (Å²) in [5, 5.41) is 13.4. The fraction of sp³-hybridized carbons (Fsp3) is 0.231. The Balaban J connectivity index is 1.47. The maximum Gasteiger partial charge on any atom is 0.235 e. The Morgan fingerprint density at radius 1 is 1.14 bits per heavy atom. The maximum atomic E-state index is 12.8. The summed E-state index contributed by atoms with van der Waals surface area (Å²) in [5.74, 6) is 0.264. The fourth-order valence-electron chi connectivity index (χ4n) is 3.85. The van der Waals surface area contributed by atoms with Crippen molar-refractivity contribution >= 4 is 63.6 Å². The minimum absolute atomic E-state index is 0.127. The highest BCUT2D eigenvalue weighted by molar-refractivity contribution is 7.80. The van der Waals surface area contributed by atoms with E-state index in [1.54, 1.807) is 17.8 Å². The first-order valence-corrected chi connectivity index (χ1v) is 13.3. The summed E-state index contributed by atoms with van der Waals surface area (Å²) >= 11 is 19.3. The topological polar surface area (TPSA) is 71.8 Å². The maximum absolute atomic E-state index is 12.8. The molecule has 1 saturated carbocycles. The summed E-state index contributed by atoms with van der Waals surface area (Å²) in [6, 6.07) is 16.0. The van der Waals surface area contributed by atoms with Crippen molar-refractivity contribution in [2.75, 3.05) is 5.32 Å². The largest absolute Gasteiger partial charge is 0.316 e. The van der Waals surface area contributed by atoms with E-state index in [-0.39, 0.29) is 11.0 Å². The molecule has 36 heavy (non-hydrogen) atoms. The van der Waals surface area contributed by atoms with Gasteiger partial charge in [0.05, 0.1) is 28.6 Å². The van der Waals surface area contributed by atoms with E-state index in [0.29, 0.717) is 12.2 Å². The summed E-state index contributed by atoms with van der Waals surface area (Å²) < 4.78 is 0.645. The second kappa shape index (κ2) is 9.27. The number of carbonyl (C=O) groups is 1. The van der Waals surface area contributed by atoms with Crippen molar-refractivity contribution in [2.24, 2.45) is 5.41 Å². The van der Waals surface area contributed by atoms with Gasteiger partial charge in [0.15, 0.2) is 5.11 Å². The fourth-order valence-corrected chi connectivity index (χ4v) is 5.58. The molecule has 0 aliphatic heterocycles. The number of hydrogen-bond acceptors (Lipinski definition) is 5. The van der Waals surface area contributed by atoms with E-state index in [2.05, 4.69) is 47.8 Å². The first-order valence-electron chi connectivity index (χ1n) is 11.3. The second-order valence-electron chi connectivity index (χ2n) is 9.11. The lowest BCUT2D eigenvalue weighted by atomic mass is 10.1. The Labute approximate surface area is 228 Å². The van der Waals surface area contributed by atoms with Crippen LogP contribution in [0.15, 0.2) is 60.1 Å². The summed E-state index contributed by atoms with van der Waals surface area (Å²) in [7, 11) is 0. The van der Waals surface area contributed by atoms with Gasteiger partial charge in [0.1, 0.15) is 15.2 Å². The standard InChI is InChI=1S/C26H23Cl2N5OS2/c1-15-9-10-17(11-16(15)2)20-13-36-22(30-20)19-12-29-33(18-7-5-4-6-8-18)21(19)31-24(35)32-23(34)25(3)14-26(25,27)28/h4-13H,14H2,1-3H3,(H2,31,32,34,35). The molecule has 10 heteroatoms. The Hall–Kier alpha value is -2.78. The number of thiazole rings is 1. The normalized spacial score (nSPS) is 18.0. The third-order valence-corrected chi connectivity index (χ3v) is 8.71. The van der Waals surface area contributed by atoms with E-state index in [1.807, 2.05) is 35.7 Å². The summed E-state index contributed by atoms with van der Waals surface area (Å²) in [4.78, 5) is 17.6. The molecular formula is C26H23Cl2N5OS2. The highest BCUT2D eigenvalue weighted by Crippen LogP contribution is 2.63. The quantitative estimate of drug-likeness (QED) is 0.212. The van der Waals surface area contributed by atoms with Crippen molar-refractivity contribution in [2.45, 2.75) is 31.5 Å². The van der Waals surface area contributed by atoms with Crippen LogP contribution < -0.4 is 10.6 Å². The van der Waals surface area contributed by atoms with E-state index >= 15 is 0 Å². The van der Waals surface area contributed by atoms with Crippen molar-refractivity contribution in [3.05, 3.63) is 71.2 Å². The zero-order valence-corrected chi connectivity index (χ0v) is 22.9. The number of thiocarbonyl (C=S) groups is 1. The molecule has 1 unspecified atom stereocenters. The zero-order valence-electron chi connectivity index (χ0n) is 19.8. The van der Waals surface area contributed by atoms with Crippen LogP contribution in [0.5, 0.6) is 0 Å². The van der Waals surface area contributed by atoms with Gasteiger partial charge in [0.25, 0.3) is 0 Å². The lowest BCUT2D eigenvalue weighted by Gasteiger charge is -2.16. The Morgan fingerprint density at radius 2 is 1.86 bits per heavy atom. The van der Waals surface area contributed by atoms with Gasteiger partial charge in [-0.15, -0.1) is 34.5 Å². The number of para-hydroxylation sites is 1. The van der Waals surface area contributed by atoms with E-state index in [1.165, 1.54) is 22.5 Å². The predicted octanol–water partition coefficient (Wildman–Crippen LogP) is 6.68. The third kappa shape index (κ3) is 4.54. The molecule has 1 atom stereocenters. The number of aryl methyl sites for hydroxylation is 2. The van der Waals surface area contributed by atoms with Crippen molar-refractivity contribution in [3.8, 4) is 27.5 Å². The van der Waals surface area contributed by atoms with Crippen LogP contribution in [-0.4, -0.2) is 30.1 Å². The monoisotopic (exact) mass is 555 g/mol. The molecule has 1 amide bonds. The molecule has 0 saturated heterocycles. The van der Waals surface area contributed by atoms with E-state index in [4.69, 9.17) is 40.4 Å². The number of anilines is 1. The first-order chi connectivity index (χ1) is 17.1. The lowest BCUT2D eigenvalue weighted by Crippen LogP contribution is -2.40. The van der Waals surface area contributed by atoms with Crippen LogP contribution in [0.25, 0.3) is 27.5 Å². The molecule has 5 rings (SSSR count). The highest BCUT2D eigenvalue weighted by Gasteiger charge is 2.68. The predicted molar refractivity (Wildman–Crippen MR) is 151 cm³/mol. The summed E-state index contributed by atoms with van der Waals surface area (Å²) in [6.07, 6.45) is 2.11. The van der Waals surface area contributed by atoms with Gasteiger partial charge >= 0.3 is 0 Å². The van der Waals surface area contributed by atoms with Crippen LogP contribution in [0.2, 0.25) is 0 Å². The molecule has 6 nitrogen and oxygen atoms in total. The molecule has 4 aromatic rings. The number of rotatable bonds is 5. The average molecular weight is 557 g/mol. The van der Waals surface area contributed by atoms with Crippen LogP contribution in [0.1, 0.15) is 24.5 Å². The van der Waals surface area contributed by atoms with Gasteiger partial charge in [-0.2, -0.15) is 5.10 Å². The minimum atomic E-state index is -1.09. The van der Waals surface area contributed by atoms with Gasteiger partial charge in [0.2, 0.25) is 5.91 Å². The van der Waals surface area contributed by atoms with Crippen LogP contribution in [0, 0.1) is 19.3 Å². The molecule has 2 aromatic carbocycles. The van der Waals surface area contributed by atoms with E-state index < -0.39 is 9.75 Å². The molecule has 2 heterocycles. The van der Waals surface area contributed by atoms with Gasteiger partial charge in [-0.3, -0.25) is 4.79 Å². The molecular weight excluding hydrogens is 533 g/mol. The highest BCUT2D eigenvalue weighted by atomic mass is 35.5. The SMILES string of the molecule is Cc1ccc(-c2csc(-c3cnn(-c4ccccc4)c3NC(=S)NC(=O)C3(C)CC3(Cl)Cl)n2)cc1C. The second-order valence-corrected chi connectivity index (χ2v) is 11.9. The lowest BCUT2D eigenvalue weighted by molar-refractivity contribution is -0.124. The number of alkyl halides is 2. The van der Waals surface area contributed by atoms with Gasteiger partial charge in [0, 0.05) is 10.9 Å². The summed E-state index contributed by atoms with van der Waals surface area (Å²) in [6.45, 7) is 5.90. The van der Waals surface area contributed by atoms with Gasteiger partial charge in [-0.05, 0) is 68.7 Å². The molecule has 1 aliphatic carbocycles. The molecule has 2 aromatic heterocycles. The number of aromatic nitrogens is 3. The molecule has 1 aliphatic rings. The van der Waals surface area contributed by atoms with E-state index in [9.17, 15) is 4.79 Å². The molecule has 1 fully saturated rings. The zero-order chi connectivity index (χ0) is 25.7. The van der Waals surface area contributed by atoms with Crippen molar-refractivity contribution in [1.82, 2.24) is 20.1 Å². The Bertz CT molecular complexity index is 1480. The van der Waals surface area contributed by atoms with Crippen LogP contribution in [0.3, 0.4) is 0 Å². The number of nitrogens with zero attached hydrogens (tertiary/aromatic N) is 3. The van der Waals surface area contributed by atoms with E-state index in [0.717, 1.165) is 27.5 Å². The van der Waals surface area contributed by atoms with Crippen molar-refractivity contribution in [1.29, 1.82) is 0 Å². The molecule has 2 N–H and O–H groups in total. The van der Waals surface area contributed by atoms with Gasteiger partial charge < -0.3 is 10.6 Å². The first kappa shape index (κ1) is 24.9. The molecule has 0 bridgehead atoms. The van der Waals surface area contributed by atoms with Crippen molar-refractivity contribution < 1.29 is 4.79 Å². The number of nitrogens with one attached hydrogen (secondary N) is 2. The molecule has 0 radical (unpaired) electrons. The number of carbonyl (C=O) groups excluding carboxylic acids is 1. The van der Waals surface area contributed by atoms with Crippen LogP contribution in [-0.2, 0) is 4.79 Å². The Kier molecular flexibility index (Phi) is 6.41. The minimum Gasteiger partial charge on any atom is -0.316 e. The molecule has 0 spiro atoms. The average Bonchev–Trinajstić information content (AvgIpc) is 3.23. The number of benzene rings is 2. The smallest absolute Gasteiger partial charge is 0.235 e. The number of amides is 1. The number of halogens is 2. The summed E-state index contributed by atoms with van der Waals surface area (Å²) in [5.41, 5.74) is 5.09. The number of hydrogen-bond donors (Lipinski definition) is 2. The van der Waals surface area contributed by atoms with Crippen LogP contribution >= 0.6 is 46.8 Å². The van der Waals surface area contributed by atoms with Crippen molar-refractivity contribution in [3.63, 3.8) is 0 Å². The van der Waals surface area contributed by atoms with Crippen LogP contribution in [0.4, 0.5) is 5.82 Å². The molecule has 184 valence electrons.